The molecule has 0 radical (unpaired) electrons. The first-order chi connectivity index (χ1) is 11.5. The molecule has 1 heterocycles. The van der Waals surface area contributed by atoms with E-state index in [2.05, 4.69) is 75.0 Å². The third-order valence-electron chi connectivity index (χ3n) is 4.39. The molecule has 24 heavy (non-hydrogen) atoms. The van der Waals surface area contributed by atoms with Gasteiger partial charge < -0.3 is 4.74 Å². The predicted molar refractivity (Wildman–Crippen MR) is 101 cm³/mol. The number of ether oxygens (including phenoxy) is 1. The van der Waals surface area contributed by atoms with Crippen LogP contribution in [0.4, 0.5) is 0 Å². The molecule has 1 aliphatic heterocycles. The van der Waals surface area contributed by atoms with Gasteiger partial charge >= 0.3 is 0 Å². The number of allylic oxidation sites excluding steroid dienone is 1. The molecular formula is C22H25NO. The van der Waals surface area contributed by atoms with E-state index in [0.29, 0.717) is 12.5 Å². The van der Waals surface area contributed by atoms with Crippen LogP contribution in [0.1, 0.15) is 43.7 Å². The van der Waals surface area contributed by atoms with Crippen molar-refractivity contribution in [2.24, 2.45) is 4.99 Å². The second kappa shape index (κ2) is 7.04. The lowest BCUT2D eigenvalue weighted by Crippen LogP contribution is -2.17. The molecule has 1 unspecified atom stereocenters. The summed E-state index contributed by atoms with van der Waals surface area (Å²) in [4.78, 5) is 4.73. The van der Waals surface area contributed by atoms with E-state index in [1.165, 1.54) is 11.1 Å². The summed E-state index contributed by atoms with van der Waals surface area (Å²) in [6.45, 7) is 9.21. The maximum absolute atomic E-state index is 5.83. The zero-order valence-electron chi connectivity index (χ0n) is 14.5. The molecule has 0 saturated carbocycles. The van der Waals surface area contributed by atoms with Gasteiger partial charge in [0.05, 0.1) is 5.54 Å². The van der Waals surface area contributed by atoms with Gasteiger partial charge in [0.15, 0.2) is 5.90 Å². The van der Waals surface area contributed by atoms with E-state index in [1.807, 2.05) is 6.07 Å². The van der Waals surface area contributed by atoms with Gasteiger partial charge in [0.25, 0.3) is 0 Å². The van der Waals surface area contributed by atoms with Crippen LogP contribution in [-0.2, 0) is 4.74 Å². The van der Waals surface area contributed by atoms with Crippen LogP contribution >= 0.6 is 0 Å². The number of aliphatic imine (C=N–C) groups is 1. The number of hydrogen-bond acceptors (Lipinski definition) is 2. The molecule has 1 aliphatic rings. The average molecular weight is 319 g/mol. The smallest absolute Gasteiger partial charge is 0.184 e. The second-order valence-electron chi connectivity index (χ2n) is 7.09. The Bertz CT molecular complexity index is 716. The molecule has 0 aromatic heterocycles. The zero-order chi connectivity index (χ0) is 17.0. The predicted octanol–water partition coefficient (Wildman–Crippen LogP) is 5.47. The van der Waals surface area contributed by atoms with E-state index in [4.69, 9.17) is 9.73 Å². The van der Waals surface area contributed by atoms with Crippen molar-refractivity contribution in [3.8, 4) is 0 Å². The fourth-order valence-electron chi connectivity index (χ4n) is 3.10. The minimum absolute atomic E-state index is 0.104. The molecular weight excluding hydrogens is 294 g/mol. The Morgan fingerprint density at radius 1 is 1.08 bits per heavy atom. The summed E-state index contributed by atoms with van der Waals surface area (Å²) in [7, 11) is 0. The summed E-state index contributed by atoms with van der Waals surface area (Å²) in [5, 5.41) is 0. The molecule has 124 valence electrons. The first-order valence-electron chi connectivity index (χ1n) is 8.53. The lowest BCUT2D eigenvalue weighted by atomic mass is 9.87. The Hall–Kier alpha value is -2.35. The van der Waals surface area contributed by atoms with Crippen LogP contribution in [0.25, 0.3) is 5.57 Å². The number of nitrogens with zero attached hydrogens (tertiary/aromatic N) is 1. The van der Waals surface area contributed by atoms with E-state index in [0.717, 1.165) is 24.3 Å². The van der Waals surface area contributed by atoms with E-state index in [9.17, 15) is 0 Å². The molecule has 2 aromatic rings. The molecule has 0 fully saturated rings. The Morgan fingerprint density at radius 3 is 2.29 bits per heavy atom. The van der Waals surface area contributed by atoms with Gasteiger partial charge in [-0.2, -0.15) is 0 Å². The van der Waals surface area contributed by atoms with Gasteiger partial charge in [-0.1, -0.05) is 67.2 Å². The van der Waals surface area contributed by atoms with Crippen LogP contribution in [-0.4, -0.2) is 18.0 Å². The second-order valence-corrected chi connectivity index (χ2v) is 7.09. The monoisotopic (exact) mass is 319 g/mol. The highest BCUT2D eigenvalue weighted by atomic mass is 16.5. The molecule has 1 atom stereocenters. The van der Waals surface area contributed by atoms with Crippen molar-refractivity contribution in [2.45, 2.75) is 38.1 Å². The highest BCUT2D eigenvalue weighted by molar-refractivity contribution is 5.79. The molecule has 0 saturated heterocycles. The van der Waals surface area contributed by atoms with Gasteiger partial charge in [0, 0.05) is 6.42 Å². The van der Waals surface area contributed by atoms with Crippen LogP contribution in [0, 0.1) is 0 Å². The topological polar surface area (TPSA) is 21.6 Å². The van der Waals surface area contributed by atoms with E-state index >= 15 is 0 Å². The highest BCUT2D eigenvalue weighted by Gasteiger charge is 2.28. The number of rotatable bonds is 6. The van der Waals surface area contributed by atoms with Crippen LogP contribution in [0.15, 0.2) is 72.2 Å². The molecule has 2 aromatic carbocycles. The van der Waals surface area contributed by atoms with Crippen LogP contribution < -0.4 is 0 Å². The third-order valence-corrected chi connectivity index (χ3v) is 4.39. The van der Waals surface area contributed by atoms with E-state index < -0.39 is 0 Å². The Kier molecular flexibility index (Phi) is 4.84. The minimum atomic E-state index is -0.104. The highest BCUT2D eigenvalue weighted by Crippen LogP contribution is 2.33. The van der Waals surface area contributed by atoms with E-state index in [1.54, 1.807) is 0 Å². The fraction of sp³-hybridized carbons (Fsp3) is 0.318. The summed E-state index contributed by atoms with van der Waals surface area (Å²) in [5.41, 5.74) is 3.56. The summed E-state index contributed by atoms with van der Waals surface area (Å²) < 4.78 is 5.83. The lowest BCUT2D eigenvalue weighted by molar-refractivity contribution is 0.272. The Morgan fingerprint density at radius 2 is 1.71 bits per heavy atom. The maximum Gasteiger partial charge on any atom is 0.184 e. The van der Waals surface area contributed by atoms with Gasteiger partial charge in [-0.25, -0.2) is 4.99 Å². The molecule has 0 spiro atoms. The Balaban J connectivity index is 1.79. The maximum atomic E-state index is 5.83. The van der Waals surface area contributed by atoms with Crippen molar-refractivity contribution >= 4 is 11.5 Å². The van der Waals surface area contributed by atoms with Crippen molar-refractivity contribution in [2.75, 3.05) is 6.61 Å². The van der Waals surface area contributed by atoms with Crippen molar-refractivity contribution < 1.29 is 4.74 Å². The summed E-state index contributed by atoms with van der Waals surface area (Å²) in [6, 6.07) is 21.0. The molecule has 2 heteroatoms. The third kappa shape index (κ3) is 4.14. The van der Waals surface area contributed by atoms with Gasteiger partial charge in [0.2, 0.25) is 0 Å². The number of hydrogen-bond donors (Lipinski definition) is 0. The van der Waals surface area contributed by atoms with Crippen LogP contribution in [0.2, 0.25) is 0 Å². The summed E-state index contributed by atoms with van der Waals surface area (Å²) in [5.74, 6) is 1.20. The van der Waals surface area contributed by atoms with Crippen molar-refractivity contribution in [3.05, 3.63) is 78.4 Å². The largest absolute Gasteiger partial charge is 0.478 e. The summed E-state index contributed by atoms with van der Waals surface area (Å²) in [6.07, 6.45) is 1.72. The first-order valence-corrected chi connectivity index (χ1v) is 8.53. The minimum Gasteiger partial charge on any atom is -0.478 e. The molecule has 2 nitrogen and oxygen atoms in total. The van der Waals surface area contributed by atoms with E-state index in [-0.39, 0.29) is 5.54 Å². The zero-order valence-corrected chi connectivity index (χ0v) is 14.5. The quantitative estimate of drug-likeness (QED) is 0.691. The van der Waals surface area contributed by atoms with Gasteiger partial charge in [-0.05, 0) is 42.9 Å². The van der Waals surface area contributed by atoms with Gasteiger partial charge in [-0.15, -0.1) is 0 Å². The average Bonchev–Trinajstić information content (AvgIpc) is 2.94. The fourth-order valence-corrected chi connectivity index (χ4v) is 3.10. The molecule has 3 rings (SSSR count). The van der Waals surface area contributed by atoms with Gasteiger partial charge in [-0.3, -0.25) is 0 Å². The lowest BCUT2D eigenvalue weighted by Gasteiger charge is -2.19. The Labute approximate surface area is 144 Å². The molecule has 0 amide bonds. The van der Waals surface area contributed by atoms with Crippen molar-refractivity contribution in [1.82, 2.24) is 0 Å². The summed E-state index contributed by atoms with van der Waals surface area (Å²) >= 11 is 0. The molecule has 0 bridgehead atoms. The first kappa shape index (κ1) is 16.5. The van der Waals surface area contributed by atoms with Crippen molar-refractivity contribution in [1.29, 1.82) is 0 Å². The normalized spacial score (nSPS) is 17.0. The standard InChI is InChI=1S/C22H25NO/c1-17(18-10-6-4-7-11-18)14-20(19-12-8-5-9-13-19)15-21-23-22(2,3)16-24-21/h4-13,20H,1,14-16H2,2-3H3. The van der Waals surface area contributed by atoms with Crippen LogP contribution in [0.5, 0.6) is 0 Å². The van der Waals surface area contributed by atoms with Gasteiger partial charge in [0.1, 0.15) is 6.61 Å². The molecule has 0 aliphatic carbocycles. The number of benzene rings is 2. The molecule has 0 N–H and O–H groups in total. The van der Waals surface area contributed by atoms with Crippen molar-refractivity contribution in [3.63, 3.8) is 0 Å². The van der Waals surface area contributed by atoms with Crippen LogP contribution in [0.3, 0.4) is 0 Å². The SMILES string of the molecule is C=C(CC(CC1=NC(C)(C)CO1)c1ccccc1)c1ccccc1.